The van der Waals surface area contributed by atoms with E-state index < -0.39 is 5.82 Å². The van der Waals surface area contributed by atoms with Gasteiger partial charge in [0, 0.05) is 5.56 Å². The second-order valence-corrected chi connectivity index (χ2v) is 3.11. The van der Waals surface area contributed by atoms with Gasteiger partial charge in [-0.05, 0) is 6.07 Å². The van der Waals surface area contributed by atoms with E-state index in [1.807, 2.05) is 6.07 Å². The van der Waals surface area contributed by atoms with Crippen molar-refractivity contribution in [1.29, 1.82) is 5.26 Å². The largest absolute Gasteiger partial charge is 0.454 e. The van der Waals surface area contributed by atoms with Crippen LogP contribution < -0.4 is 9.47 Å². The van der Waals surface area contributed by atoms with Crippen molar-refractivity contribution in [2.45, 2.75) is 6.42 Å². The zero-order chi connectivity index (χ0) is 10.1. The molecule has 1 aromatic carbocycles. The summed E-state index contributed by atoms with van der Waals surface area (Å²) in [6.45, 7) is 0.0322. The van der Waals surface area contributed by atoms with Crippen LogP contribution in [0.25, 0.3) is 0 Å². The lowest BCUT2D eigenvalue weighted by Crippen LogP contribution is -1.93. The molecule has 14 heavy (non-hydrogen) atoms. The first kappa shape index (κ1) is 9.10. The van der Waals surface area contributed by atoms with Crippen molar-refractivity contribution in [2.24, 2.45) is 0 Å². The summed E-state index contributed by atoms with van der Waals surface area (Å²) in [7, 11) is 0. The van der Waals surface area contributed by atoms with Crippen LogP contribution in [0.5, 0.6) is 11.5 Å². The first-order valence-corrected chi connectivity index (χ1v) is 4.25. The summed E-state index contributed by atoms with van der Waals surface area (Å²) >= 11 is 5.69. The molecule has 0 fully saturated rings. The Morgan fingerprint density at radius 3 is 3.07 bits per heavy atom. The van der Waals surface area contributed by atoms with Crippen LogP contribution in [0, 0.1) is 17.1 Å². The monoisotopic (exact) mass is 213 g/mol. The normalized spacial score (nSPS) is 12.6. The lowest BCUT2D eigenvalue weighted by Gasteiger charge is -2.03. The molecule has 0 saturated heterocycles. The number of hydrogen-bond donors (Lipinski definition) is 0. The van der Waals surface area contributed by atoms with Crippen molar-refractivity contribution in [1.82, 2.24) is 0 Å². The Morgan fingerprint density at radius 2 is 2.36 bits per heavy atom. The number of nitrogens with zero attached hydrogens (tertiary/aromatic N) is 1. The molecule has 0 unspecified atom stereocenters. The van der Waals surface area contributed by atoms with Crippen LogP contribution in [-0.2, 0) is 6.42 Å². The number of benzene rings is 1. The quantitative estimate of drug-likeness (QED) is 0.719. The lowest BCUT2D eigenvalue weighted by atomic mass is 10.1. The molecule has 72 valence electrons. The van der Waals surface area contributed by atoms with Gasteiger partial charge in [-0.3, -0.25) is 0 Å². The summed E-state index contributed by atoms with van der Waals surface area (Å²) in [5.41, 5.74) is 0.224. The molecular weight excluding hydrogens is 209 g/mol. The highest BCUT2D eigenvalue weighted by atomic mass is 35.5. The molecule has 0 amide bonds. The molecule has 3 nitrogen and oxygen atoms in total. The number of ether oxygens (including phenoxy) is 2. The highest BCUT2D eigenvalue weighted by molar-refractivity contribution is 6.32. The molecule has 0 N–H and O–H groups in total. The average Bonchev–Trinajstić information content (AvgIpc) is 2.62. The first-order valence-electron chi connectivity index (χ1n) is 3.87. The van der Waals surface area contributed by atoms with Crippen molar-refractivity contribution in [3.8, 4) is 17.6 Å². The molecule has 1 aliphatic heterocycles. The molecular formula is C9H5ClFNO2. The molecule has 0 aliphatic carbocycles. The summed E-state index contributed by atoms with van der Waals surface area (Å²) in [6.07, 6.45) is -0.0395. The van der Waals surface area contributed by atoms with Crippen molar-refractivity contribution < 1.29 is 13.9 Å². The van der Waals surface area contributed by atoms with E-state index in [1.165, 1.54) is 6.07 Å². The molecule has 0 aromatic heterocycles. The number of fused-ring (bicyclic) bond motifs is 1. The molecule has 0 bridgehead atoms. The molecule has 2 rings (SSSR count). The van der Waals surface area contributed by atoms with Gasteiger partial charge in [-0.25, -0.2) is 4.39 Å². The van der Waals surface area contributed by atoms with Gasteiger partial charge < -0.3 is 9.47 Å². The summed E-state index contributed by atoms with van der Waals surface area (Å²) in [6, 6.07) is 3.29. The molecule has 0 atom stereocenters. The Kier molecular flexibility index (Phi) is 2.18. The fraction of sp³-hybridized carbons (Fsp3) is 0.222. The smallest absolute Gasteiger partial charge is 0.231 e. The Morgan fingerprint density at radius 1 is 1.57 bits per heavy atom. The van der Waals surface area contributed by atoms with Crippen LogP contribution in [0.2, 0.25) is 5.02 Å². The van der Waals surface area contributed by atoms with Gasteiger partial charge in [0.15, 0.2) is 11.5 Å². The van der Waals surface area contributed by atoms with Crippen molar-refractivity contribution >= 4 is 11.6 Å². The minimum Gasteiger partial charge on any atom is -0.454 e. The van der Waals surface area contributed by atoms with E-state index >= 15 is 0 Å². The second-order valence-electron chi connectivity index (χ2n) is 2.73. The molecule has 1 heterocycles. The van der Waals surface area contributed by atoms with Gasteiger partial charge in [-0.2, -0.15) is 5.26 Å². The zero-order valence-electron chi connectivity index (χ0n) is 7.01. The predicted octanol–water partition coefficient (Wildman–Crippen LogP) is 2.27. The third kappa shape index (κ3) is 1.26. The third-order valence-corrected chi connectivity index (χ3v) is 2.23. The van der Waals surface area contributed by atoms with Gasteiger partial charge in [-0.1, -0.05) is 11.6 Å². The highest BCUT2D eigenvalue weighted by Gasteiger charge is 2.23. The Hall–Kier alpha value is -1.47. The van der Waals surface area contributed by atoms with Gasteiger partial charge >= 0.3 is 0 Å². The standard InChI is InChI=1S/C9H5ClFNO2/c10-7-8(11)5(1-2-12)3-6-9(7)14-4-13-6/h3H,1,4H2. The fourth-order valence-electron chi connectivity index (χ4n) is 1.24. The molecule has 5 heteroatoms. The van der Waals surface area contributed by atoms with Crippen LogP contribution in [0.15, 0.2) is 6.07 Å². The number of rotatable bonds is 1. The lowest BCUT2D eigenvalue weighted by molar-refractivity contribution is 0.174. The average molecular weight is 214 g/mol. The van der Waals surface area contributed by atoms with E-state index in [-0.39, 0.29) is 29.5 Å². The van der Waals surface area contributed by atoms with Gasteiger partial charge in [0.05, 0.1) is 12.5 Å². The fourth-order valence-corrected chi connectivity index (χ4v) is 1.51. The van der Waals surface area contributed by atoms with Gasteiger partial charge in [0.25, 0.3) is 0 Å². The summed E-state index contributed by atoms with van der Waals surface area (Å²) < 4.78 is 23.4. The molecule has 1 aliphatic rings. The maximum Gasteiger partial charge on any atom is 0.231 e. The number of nitriles is 1. The van der Waals surface area contributed by atoms with E-state index in [2.05, 4.69) is 0 Å². The van der Waals surface area contributed by atoms with Crippen LogP contribution in [0.3, 0.4) is 0 Å². The molecule has 1 aromatic rings. The number of halogens is 2. The topological polar surface area (TPSA) is 42.2 Å². The minimum absolute atomic E-state index is 0.0322. The van der Waals surface area contributed by atoms with Crippen LogP contribution in [-0.4, -0.2) is 6.79 Å². The van der Waals surface area contributed by atoms with E-state index in [9.17, 15) is 4.39 Å². The van der Waals surface area contributed by atoms with E-state index in [0.717, 1.165) is 0 Å². The predicted molar refractivity (Wildman–Crippen MR) is 46.9 cm³/mol. The van der Waals surface area contributed by atoms with Crippen LogP contribution in [0.4, 0.5) is 4.39 Å². The Bertz CT molecular complexity index is 428. The molecule has 0 saturated carbocycles. The maximum atomic E-state index is 13.4. The van der Waals surface area contributed by atoms with Gasteiger partial charge in [-0.15, -0.1) is 0 Å². The number of hydrogen-bond acceptors (Lipinski definition) is 3. The Balaban J connectivity index is 2.56. The van der Waals surface area contributed by atoms with Crippen molar-refractivity contribution in [3.63, 3.8) is 0 Å². The van der Waals surface area contributed by atoms with E-state index in [1.54, 1.807) is 0 Å². The van der Waals surface area contributed by atoms with Crippen molar-refractivity contribution in [3.05, 3.63) is 22.5 Å². The Labute approximate surface area is 84.6 Å². The van der Waals surface area contributed by atoms with Crippen LogP contribution >= 0.6 is 11.6 Å². The summed E-state index contributed by atoms with van der Waals surface area (Å²) in [5, 5.41) is 8.33. The van der Waals surface area contributed by atoms with Gasteiger partial charge in [0.1, 0.15) is 10.8 Å². The zero-order valence-corrected chi connectivity index (χ0v) is 7.77. The highest BCUT2D eigenvalue weighted by Crippen LogP contribution is 2.41. The van der Waals surface area contributed by atoms with E-state index in [4.69, 9.17) is 26.3 Å². The first-order chi connectivity index (χ1) is 6.74. The second kappa shape index (κ2) is 3.35. The van der Waals surface area contributed by atoms with Crippen LogP contribution in [0.1, 0.15) is 5.56 Å². The third-order valence-electron chi connectivity index (χ3n) is 1.89. The van der Waals surface area contributed by atoms with Crippen molar-refractivity contribution in [2.75, 3.05) is 6.79 Å². The molecule has 0 spiro atoms. The minimum atomic E-state index is -0.613. The van der Waals surface area contributed by atoms with E-state index in [0.29, 0.717) is 5.75 Å². The summed E-state index contributed by atoms with van der Waals surface area (Å²) in [4.78, 5) is 0. The SMILES string of the molecule is N#CCc1cc2c(c(Cl)c1F)OCO2. The van der Waals surface area contributed by atoms with Gasteiger partial charge in [0.2, 0.25) is 6.79 Å². The maximum absolute atomic E-state index is 13.4. The summed E-state index contributed by atoms with van der Waals surface area (Å²) in [5.74, 6) is -0.00928. The molecule has 0 radical (unpaired) electrons.